The predicted octanol–water partition coefficient (Wildman–Crippen LogP) is 5.39. The van der Waals surface area contributed by atoms with Crippen molar-refractivity contribution in [2.45, 2.75) is 31.6 Å². The standard InChI is InChI=1S/C21H19Cl3N6O4S/c1-3-29-19(11(2)25-20(32)12-4-6-14(22)16(24)8-12)27-28-21(29)35-10-18(31)26-17-9-13(30(33)34)5-7-15(17)23/h4-9,11H,3,10H2,1-2H3,(H,25,32)(H,26,31)/t11-/m1/s1. The monoisotopic (exact) mass is 556 g/mol. The third-order valence-electron chi connectivity index (χ3n) is 4.75. The van der Waals surface area contributed by atoms with Gasteiger partial charge in [-0.25, -0.2) is 0 Å². The first-order valence-electron chi connectivity index (χ1n) is 10.2. The van der Waals surface area contributed by atoms with Gasteiger partial charge in [0.05, 0.1) is 37.5 Å². The van der Waals surface area contributed by atoms with Gasteiger partial charge in [-0.3, -0.25) is 19.7 Å². The third kappa shape index (κ3) is 6.63. The van der Waals surface area contributed by atoms with Gasteiger partial charge in [-0.15, -0.1) is 10.2 Å². The number of carbonyl (C=O) groups excluding carboxylic acids is 2. The average molecular weight is 558 g/mol. The highest BCUT2D eigenvalue weighted by atomic mass is 35.5. The van der Waals surface area contributed by atoms with E-state index in [0.29, 0.717) is 28.1 Å². The number of thioether (sulfide) groups is 1. The lowest BCUT2D eigenvalue weighted by atomic mass is 10.2. The number of halogens is 3. The fourth-order valence-electron chi connectivity index (χ4n) is 3.05. The zero-order chi connectivity index (χ0) is 25.7. The maximum atomic E-state index is 12.6. The van der Waals surface area contributed by atoms with Crippen LogP contribution in [0.3, 0.4) is 0 Å². The number of non-ortho nitro benzene ring substituents is 1. The molecule has 1 heterocycles. The lowest BCUT2D eigenvalue weighted by Crippen LogP contribution is -2.28. The number of nitrogens with one attached hydrogen (secondary N) is 2. The van der Waals surface area contributed by atoms with E-state index in [-0.39, 0.29) is 33.1 Å². The van der Waals surface area contributed by atoms with Crippen molar-refractivity contribution in [2.75, 3.05) is 11.1 Å². The highest BCUT2D eigenvalue weighted by molar-refractivity contribution is 7.99. The van der Waals surface area contributed by atoms with Gasteiger partial charge in [0.25, 0.3) is 11.6 Å². The van der Waals surface area contributed by atoms with E-state index < -0.39 is 16.9 Å². The lowest BCUT2D eigenvalue weighted by Gasteiger charge is -2.15. The summed E-state index contributed by atoms with van der Waals surface area (Å²) in [6.45, 7) is 4.14. The molecule has 0 radical (unpaired) electrons. The molecule has 10 nitrogen and oxygen atoms in total. The Morgan fingerprint density at radius 3 is 2.49 bits per heavy atom. The largest absolute Gasteiger partial charge is 0.342 e. The Balaban J connectivity index is 1.65. The average Bonchev–Trinajstić information content (AvgIpc) is 3.23. The number of amides is 2. The first kappa shape index (κ1) is 26.7. The zero-order valence-electron chi connectivity index (χ0n) is 18.4. The van der Waals surface area contributed by atoms with Crippen molar-refractivity contribution >= 4 is 69.8 Å². The molecule has 0 aliphatic carbocycles. The van der Waals surface area contributed by atoms with E-state index >= 15 is 0 Å². The summed E-state index contributed by atoms with van der Waals surface area (Å²) in [7, 11) is 0. The van der Waals surface area contributed by atoms with Crippen LogP contribution in [0.25, 0.3) is 0 Å². The van der Waals surface area contributed by atoms with Crippen molar-refractivity contribution in [1.29, 1.82) is 0 Å². The van der Waals surface area contributed by atoms with Crippen LogP contribution in [-0.4, -0.2) is 37.3 Å². The van der Waals surface area contributed by atoms with Crippen molar-refractivity contribution in [3.05, 3.63) is 73.0 Å². The Bertz CT molecular complexity index is 1290. The predicted molar refractivity (Wildman–Crippen MR) is 135 cm³/mol. The maximum absolute atomic E-state index is 12.6. The van der Waals surface area contributed by atoms with Crippen molar-refractivity contribution in [1.82, 2.24) is 20.1 Å². The van der Waals surface area contributed by atoms with Crippen molar-refractivity contribution in [3.8, 4) is 0 Å². The van der Waals surface area contributed by atoms with Crippen LogP contribution in [0.15, 0.2) is 41.6 Å². The molecular weight excluding hydrogens is 539 g/mol. The second-order valence-electron chi connectivity index (χ2n) is 7.17. The van der Waals surface area contributed by atoms with E-state index in [1.807, 2.05) is 6.92 Å². The Labute approximate surface area is 219 Å². The Morgan fingerprint density at radius 1 is 1.11 bits per heavy atom. The zero-order valence-corrected chi connectivity index (χ0v) is 21.5. The minimum atomic E-state index is -0.576. The smallest absolute Gasteiger partial charge is 0.271 e. The Kier molecular flexibility index (Phi) is 8.95. The van der Waals surface area contributed by atoms with Gasteiger partial charge in [0.15, 0.2) is 11.0 Å². The molecule has 2 aromatic carbocycles. The molecule has 0 spiro atoms. The second kappa shape index (κ2) is 11.7. The summed E-state index contributed by atoms with van der Waals surface area (Å²) >= 11 is 19.1. The number of nitrogens with zero attached hydrogens (tertiary/aromatic N) is 4. The summed E-state index contributed by atoms with van der Waals surface area (Å²) in [6.07, 6.45) is 0. The summed E-state index contributed by atoms with van der Waals surface area (Å²) in [5, 5.41) is 25.9. The first-order chi connectivity index (χ1) is 16.6. The van der Waals surface area contributed by atoms with Gasteiger partial charge in [-0.2, -0.15) is 0 Å². The lowest BCUT2D eigenvalue weighted by molar-refractivity contribution is -0.384. The number of rotatable bonds is 9. The van der Waals surface area contributed by atoms with Crippen molar-refractivity contribution in [3.63, 3.8) is 0 Å². The molecule has 0 bridgehead atoms. The quantitative estimate of drug-likeness (QED) is 0.205. The van der Waals surface area contributed by atoms with E-state index in [1.54, 1.807) is 23.6 Å². The van der Waals surface area contributed by atoms with E-state index in [4.69, 9.17) is 34.8 Å². The number of anilines is 1. The highest BCUT2D eigenvalue weighted by Crippen LogP contribution is 2.28. The van der Waals surface area contributed by atoms with Gasteiger partial charge in [0.2, 0.25) is 5.91 Å². The van der Waals surface area contributed by atoms with Crippen LogP contribution in [0.1, 0.15) is 36.1 Å². The molecular formula is C21H19Cl3N6O4S. The van der Waals surface area contributed by atoms with Crippen LogP contribution >= 0.6 is 46.6 Å². The molecule has 0 fully saturated rings. The number of aromatic nitrogens is 3. The normalized spacial score (nSPS) is 11.7. The van der Waals surface area contributed by atoms with Crippen LogP contribution in [-0.2, 0) is 11.3 Å². The topological polar surface area (TPSA) is 132 Å². The molecule has 0 unspecified atom stereocenters. The van der Waals surface area contributed by atoms with Gasteiger partial charge < -0.3 is 15.2 Å². The molecule has 0 saturated carbocycles. The molecule has 2 N–H and O–H groups in total. The number of nitro groups is 1. The number of hydrogen-bond acceptors (Lipinski definition) is 7. The minimum absolute atomic E-state index is 0.0405. The number of carbonyl (C=O) groups is 2. The van der Waals surface area contributed by atoms with E-state index in [0.717, 1.165) is 11.8 Å². The SMILES string of the molecule is CCn1c(SCC(=O)Nc2cc([N+](=O)[O-])ccc2Cl)nnc1[C@@H](C)NC(=O)c1ccc(Cl)c(Cl)c1. The van der Waals surface area contributed by atoms with Crippen LogP contribution in [0.5, 0.6) is 0 Å². The first-order valence-corrected chi connectivity index (χ1v) is 12.3. The minimum Gasteiger partial charge on any atom is -0.342 e. The van der Waals surface area contributed by atoms with Crippen LogP contribution in [0.4, 0.5) is 11.4 Å². The van der Waals surface area contributed by atoms with Gasteiger partial charge in [-0.1, -0.05) is 46.6 Å². The molecule has 1 atom stereocenters. The molecule has 3 rings (SSSR count). The second-order valence-corrected chi connectivity index (χ2v) is 9.33. The number of nitro benzene ring substituents is 1. The van der Waals surface area contributed by atoms with Crippen LogP contribution in [0.2, 0.25) is 15.1 Å². The highest BCUT2D eigenvalue weighted by Gasteiger charge is 2.21. The molecule has 2 amide bonds. The summed E-state index contributed by atoms with van der Waals surface area (Å²) in [4.78, 5) is 35.4. The molecule has 1 aromatic heterocycles. The van der Waals surface area contributed by atoms with Gasteiger partial charge in [0.1, 0.15) is 0 Å². The van der Waals surface area contributed by atoms with E-state index in [9.17, 15) is 19.7 Å². The summed E-state index contributed by atoms with van der Waals surface area (Å²) < 4.78 is 1.78. The molecule has 35 heavy (non-hydrogen) atoms. The number of benzene rings is 2. The number of hydrogen-bond donors (Lipinski definition) is 2. The summed E-state index contributed by atoms with van der Waals surface area (Å²) in [6, 6.07) is 7.87. The van der Waals surface area contributed by atoms with E-state index in [2.05, 4.69) is 20.8 Å². The molecule has 0 saturated heterocycles. The maximum Gasteiger partial charge on any atom is 0.271 e. The fourth-order valence-corrected chi connectivity index (χ4v) is 4.32. The van der Waals surface area contributed by atoms with Gasteiger partial charge in [-0.05, 0) is 38.1 Å². The summed E-state index contributed by atoms with van der Waals surface area (Å²) in [5.74, 6) is -0.318. The van der Waals surface area contributed by atoms with E-state index in [1.165, 1.54) is 24.3 Å². The van der Waals surface area contributed by atoms with Gasteiger partial charge >= 0.3 is 0 Å². The van der Waals surface area contributed by atoms with Crippen LogP contribution in [0, 0.1) is 10.1 Å². The van der Waals surface area contributed by atoms with Gasteiger partial charge in [0, 0.05) is 24.2 Å². The molecule has 3 aromatic rings. The fraction of sp³-hybridized carbons (Fsp3) is 0.238. The Morgan fingerprint density at radius 2 is 1.83 bits per heavy atom. The molecule has 184 valence electrons. The molecule has 0 aliphatic rings. The summed E-state index contributed by atoms with van der Waals surface area (Å²) in [5.41, 5.74) is 0.298. The van der Waals surface area contributed by atoms with Crippen LogP contribution < -0.4 is 10.6 Å². The van der Waals surface area contributed by atoms with Crippen molar-refractivity contribution < 1.29 is 14.5 Å². The Hall–Kier alpha value is -2.86. The molecule has 0 aliphatic heterocycles. The molecule has 14 heteroatoms. The third-order valence-corrected chi connectivity index (χ3v) is 6.78. The van der Waals surface area contributed by atoms with Crippen molar-refractivity contribution in [2.24, 2.45) is 0 Å².